The van der Waals surface area contributed by atoms with E-state index in [-0.39, 0.29) is 25.7 Å². The molecule has 3 N–H and O–H groups in total. The summed E-state index contributed by atoms with van der Waals surface area (Å²) in [5.41, 5.74) is 0. The number of hydroxylamine groups is 2. The number of halogens is 4. The Morgan fingerprint density at radius 2 is 0.844 bits per heavy atom. The molecule has 0 radical (unpaired) electrons. The second kappa shape index (κ2) is 10.3. The maximum Gasteiger partial charge on any atom is 0.478 e. The molecule has 32 heavy (non-hydrogen) atoms. The van der Waals surface area contributed by atoms with Gasteiger partial charge in [0.15, 0.2) is 0 Å². The van der Waals surface area contributed by atoms with Crippen molar-refractivity contribution in [3.8, 4) is 0 Å². The van der Waals surface area contributed by atoms with E-state index < -0.39 is 75.2 Å². The van der Waals surface area contributed by atoms with Crippen molar-refractivity contribution in [1.82, 2.24) is 12.8 Å². The highest BCUT2D eigenvalue weighted by molar-refractivity contribution is 8.16. The van der Waals surface area contributed by atoms with Crippen molar-refractivity contribution in [2.45, 2.75) is 48.7 Å². The average Bonchev–Trinajstić information content (AvgIpc) is 2.68. The Bertz CT molecular complexity index is 991. The van der Waals surface area contributed by atoms with Crippen LogP contribution in [0.1, 0.15) is 39.5 Å². The van der Waals surface area contributed by atoms with Crippen LogP contribution in [0.15, 0.2) is 0 Å². The maximum absolute atomic E-state index is 14.1. The van der Waals surface area contributed by atoms with Gasteiger partial charge in [-0.05, 0) is 12.8 Å². The monoisotopic (exact) mass is 563 g/mol. The second-order valence-electron chi connectivity index (χ2n) is 5.92. The van der Waals surface area contributed by atoms with Crippen LogP contribution in [-0.4, -0.2) is 84.4 Å². The van der Waals surface area contributed by atoms with E-state index >= 15 is 0 Å². The summed E-state index contributed by atoms with van der Waals surface area (Å²) in [6.07, 6.45) is -0.447. The third-order valence-corrected chi connectivity index (χ3v) is 12.0. The minimum atomic E-state index is -7.58. The summed E-state index contributed by atoms with van der Waals surface area (Å²) in [5.74, 6) is 0. The van der Waals surface area contributed by atoms with Crippen molar-refractivity contribution < 1.29 is 66.9 Å². The molecule has 0 heterocycles. The van der Waals surface area contributed by atoms with Crippen LogP contribution in [-0.2, 0) is 40.1 Å². The normalized spacial score (nSPS) is 15.1. The van der Waals surface area contributed by atoms with Crippen LogP contribution < -0.4 is 0 Å². The van der Waals surface area contributed by atoms with Crippen molar-refractivity contribution in [3.05, 3.63) is 0 Å². The first-order valence-electron chi connectivity index (χ1n) is 8.28. The van der Waals surface area contributed by atoms with Gasteiger partial charge in [-0.3, -0.25) is 15.6 Å². The fourth-order valence-electron chi connectivity index (χ4n) is 1.65. The molecule has 194 valence electrons. The van der Waals surface area contributed by atoms with Crippen molar-refractivity contribution >= 4 is 40.1 Å². The molecule has 0 aromatic heterocycles. The lowest BCUT2D eigenvalue weighted by Gasteiger charge is -2.27. The minimum Gasteiger partial charge on any atom is -0.299 e. The van der Waals surface area contributed by atoms with Gasteiger partial charge in [0, 0.05) is 17.0 Å². The van der Waals surface area contributed by atoms with Crippen molar-refractivity contribution in [2.75, 3.05) is 13.1 Å². The standard InChI is InChI=1S/C10H21F4N3O11S4/c1-3-5-7-15(18)29(21,22)9(11,12)31(25,26)17(20)32(27,28)10(13,14)30(23,24)16(19)8-6-4-2/h18-20H,3-8H2,1-2H3. The van der Waals surface area contributed by atoms with Gasteiger partial charge in [0.05, 0.1) is 0 Å². The summed E-state index contributed by atoms with van der Waals surface area (Å²) in [7, 11) is -28.6. The SMILES string of the molecule is CCCCN(O)S(=O)(=O)C(F)(F)S(=O)(=O)N(O)S(=O)(=O)C(F)(F)S(=O)(=O)N(O)CCCC. The van der Waals surface area contributed by atoms with Gasteiger partial charge < -0.3 is 0 Å². The highest BCUT2D eigenvalue weighted by Crippen LogP contribution is 2.39. The van der Waals surface area contributed by atoms with Gasteiger partial charge in [0.2, 0.25) is 0 Å². The van der Waals surface area contributed by atoms with Gasteiger partial charge in [-0.2, -0.15) is 17.6 Å². The number of hydrogen-bond donors (Lipinski definition) is 3. The smallest absolute Gasteiger partial charge is 0.299 e. The molecule has 0 spiro atoms. The van der Waals surface area contributed by atoms with Gasteiger partial charge in [0.1, 0.15) is 0 Å². The first kappa shape index (κ1) is 31.3. The van der Waals surface area contributed by atoms with Crippen LogP contribution in [0.4, 0.5) is 17.6 Å². The fourth-order valence-corrected chi connectivity index (χ4v) is 8.19. The molecule has 0 amide bonds. The molecule has 0 aliphatic carbocycles. The number of nitrogens with zero attached hydrogens (tertiary/aromatic N) is 3. The summed E-state index contributed by atoms with van der Waals surface area (Å²) < 4.78 is 132. The molecular formula is C10H21F4N3O11S4. The van der Waals surface area contributed by atoms with Gasteiger partial charge >= 0.3 is 49.3 Å². The van der Waals surface area contributed by atoms with E-state index in [0.29, 0.717) is 0 Å². The number of unbranched alkanes of at least 4 members (excludes halogenated alkanes) is 2. The molecule has 0 aromatic carbocycles. The van der Waals surface area contributed by atoms with Gasteiger partial charge in [-0.15, -0.1) is 0 Å². The summed E-state index contributed by atoms with van der Waals surface area (Å²) in [6, 6.07) is 0. The third-order valence-electron chi connectivity index (χ3n) is 3.57. The van der Waals surface area contributed by atoms with Crippen LogP contribution in [0.3, 0.4) is 0 Å². The van der Waals surface area contributed by atoms with Crippen LogP contribution in [0, 0.1) is 0 Å². The van der Waals surface area contributed by atoms with E-state index in [1.165, 1.54) is 13.8 Å². The lowest BCUT2D eigenvalue weighted by atomic mass is 10.3. The van der Waals surface area contributed by atoms with Crippen molar-refractivity contribution in [1.29, 1.82) is 0 Å². The van der Waals surface area contributed by atoms with Crippen molar-refractivity contribution in [2.24, 2.45) is 0 Å². The zero-order valence-electron chi connectivity index (χ0n) is 16.3. The minimum absolute atomic E-state index is 0.0885. The number of alkyl halides is 4. The van der Waals surface area contributed by atoms with E-state index in [1.54, 1.807) is 0 Å². The van der Waals surface area contributed by atoms with Crippen LogP contribution in [0.25, 0.3) is 0 Å². The predicted octanol–water partition coefficient (Wildman–Crippen LogP) is 0.0800. The number of sulfonamides is 4. The van der Waals surface area contributed by atoms with E-state index in [4.69, 9.17) is 0 Å². The molecule has 0 saturated heterocycles. The van der Waals surface area contributed by atoms with Gasteiger partial charge in [-0.25, -0.2) is 33.7 Å². The van der Waals surface area contributed by atoms with Crippen LogP contribution in [0.2, 0.25) is 0 Å². The number of hydrogen-bond acceptors (Lipinski definition) is 11. The molecule has 0 aliphatic rings. The molecule has 0 fully saturated rings. The van der Waals surface area contributed by atoms with E-state index in [2.05, 4.69) is 0 Å². The summed E-state index contributed by atoms with van der Waals surface area (Å²) in [6.45, 7) is 0.517. The second-order valence-corrected chi connectivity index (χ2v) is 14.1. The zero-order chi connectivity index (χ0) is 26.0. The largest absolute Gasteiger partial charge is 0.478 e. The molecule has 14 nitrogen and oxygen atoms in total. The summed E-state index contributed by atoms with van der Waals surface area (Å²) in [4.78, 5) is 0. The fraction of sp³-hybridized carbons (Fsp3) is 1.00. The van der Waals surface area contributed by atoms with E-state index in [0.717, 1.165) is 0 Å². The molecular weight excluding hydrogens is 542 g/mol. The molecule has 0 aliphatic heterocycles. The summed E-state index contributed by atoms with van der Waals surface area (Å²) >= 11 is 0. The van der Waals surface area contributed by atoms with Crippen LogP contribution >= 0.6 is 0 Å². The zero-order valence-corrected chi connectivity index (χ0v) is 19.6. The Morgan fingerprint density at radius 3 is 1.06 bits per heavy atom. The predicted molar refractivity (Wildman–Crippen MR) is 96.0 cm³/mol. The Kier molecular flexibility index (Phi) is 10.0. The molecule has 0 bridgehead atoms. The first-order chi connectivity index (χ1) is 14.1. The van der Waals surface area contributed by atoms with Gasteiger partial charge in [-0.1, -0.05) is 35.6 Å². The average molecular weight is 564 g/mol. The number of rotatable bonds is 14. The topological polar surface area (TPSA) is 207 Å². The maximum atomic E-state index is 14.1. The first-order valence-corrected chi connectivity index (χ1v) is 14.0. The lowest BCUT2D eigenvalue weighted by Crippen LogP contribution is -2.58. The lowest BCUT2D eigenvalue weighted by molar-refractivity contribution is -0.0131. The quantitative estimate of drug-likeness (QED) is 0.190. The summed E-state index contributed by atoms with van der Waals surface area (Å²) in [5, 5.41) is 27.6. The van der Waals surface area contributed by atoms with E-state index in [9.17, 15) is 66.9 Å². The molecule has 0 atom stereocenters. The third kappa shape index (κ3) is 5.17. The van der Waals surface area contributed by atoms with Crippen LogP contribution in [0.5, 0.6) is 0 Å². The Hall–Kier alpha value is -0.720. The Balaban J connectivity index is 6.47. The molecule has 22 heteroatoms. The highest BCUT2D eigenvalue weighted by atomic mass is 32.3. The van der Waals surface area contributed by atoms with E-state index in [1.807, 2.05) is 0 Å². The Morgan fingerprint density at radius 1 is 0.594 bits per heavy atom. The molecule has 0 saturated carbocycles. The van der Waals surface area contributed by atoms with Gasteiger partial charge in [0.25, 0.3) is 0 Å². The van der Waals surface area contributed by atoms with Crippen molar-refractivity contribution in [3.63, 3.8) is 0 Å². The highest BCUT2D eigenvalue weighted by Gasteiger charge is 2.71. The Labute approximate surface area is 181 Å². The molecule has 0 aromatic rings. The molecule has 0 rings (SSSR count). The molecule has 0 unspecified atom stereocenters.